The van der Waals surface area contributed by atoms with Gasteiger partial charge in [-0.1, -0.05) is 95.7 Å². The van der Waals surface area contributed by atoms with Crippen LogP contribution >= 0.6 is 11.6 Å². The predicted molar refractivity (Wildman–Crippen MR) is 237 cm³/mol. The zero-order chi connectivity index (χ0) is 42.4. The van der Waals surface area contributed by atoms with Crippen molar-refractivity contribution in [2.24, 2.45) is 22.7 Å². The third-order valence-electron chi connectivity index (χ3n) is 8.82. The van der Waals surface area contributed by atoms with Crippen molar-refractivity contribution < 1.29 is 24.4 Å². The third-order valence-corrected chi connectivity index (χ3v) is 9.19. The summed E-state index contributed by atoms with van der Waals surface area (Å²) < 4.78 is 18.7. The minimum atomic E-state index is -0.348. The van der Waals surface area contributed by atoms with E-state index in [4.69, 9.17) is 25.8 Å². The van der Waals surface area contributed by atoms with Gasteiger partial charge in [-0.25, -0.2) is 0 Å². The summed E-state index contributed by atoms with van der Waals surface area (Å²) in [5, 5.41) is 31.8. The highest BCUT2D eigenvalue weighted by atomic mass is 35.5. The first-order chi connectivity index (χ1) is 27.4. The molecule has 0 radical (unpaired) electrons. The lowest BCUT2D eigenvalue weighted by Crippen LogP contribution is -2.34. The fourth-order valence-electron chi connectivity index (χ4n) is 5.97. The molecule has 57 heavy (non-hydrogen) atoms. The highest BCUT2D eigenvalue weighted by Gasteiger charge is 2.20. The number of nitrogens with zero attached hydrogens (tertiary/aromatic N) is 3. The topological polar surface area (TPSA) is 129 Å². The molecule has 3 N–H and O–H groups in total. The zero-order valence-corrected chi connectivity index (χ0v) is 36.9. The Kier molecular flexibility index (Phi) is 28.1. The molecule has 9 nitrogen and oxygen atoms in total. The van der Waals surface area contributed by atoms with Crippen molar-refractivity contribution in [3.63, 3.8) is 0 Å². The minimum Gasteiger partial charge on any atom is -0.492 e. The number of aromatic nitrogens is 1. The van der Waals surface area contributed by atoms with Gasteiger partial charge < -0.3 is 29.7 Å². The Morgan fingerprint density at radius 1 is 1.04 bits per heavy atom. The predicted octanol–water partition coefficient (Wildman–Crippen LogP) is 9.74. The molecule has 0 spiro atoms. The van der Waals surface area contributed by atoms with Crippen LogP contribution in [0.4, 0.5) is 0 Å². The van der Waals surface area contributed by atoms with Crippen LogP contribution in [0, 0.1) is 29.1 Å². The van der Waals surface area contributed by atoms with E-state index in [0.29, 0.717) is 85.8 Å². The average molecular weight is 808 g/mol. The normalized spacial score (nSPS) is 15.1. The zero-order valence-electron chi connectivity index (χ0n) is 36.2. The van der Waals surface area contributed by atoms with Crippen LogP contribution in [0.25, 0.3) is 0 Å². The number of pyridine rings is 1. The van der Waals surface area contributed by atoms with Crippen LogP contribution in [0.15, 0.2) is 105 Å². The van der Waals surface area contributed by atoms with E-state index in [9.17, 15) is 15.5 Å². The van der Waals surface area contributed by atoms with Crippen molar-refractivity contribution in [3.05, 3.63) is 111 Å². The molecule has 1 rings (SSSR count). The first kappa shape index (κ1) is 51.2. The Hall–Kier alpha value is -3.78. The number of allylic oxidation sites excluding steroid dienone is 10. The van der Waals surface area contributed by atoms with Gasteiger partial charge in [0.05, 0.1) is 36.5 Å². The van der Waals surface area contributed by atoms with Crippen molar-refractivity contribution in [1.29, 1.82) is 5.26 Å². The largest absolute Gasteiger partial charge is 0.492 e. The van der Waals surface area contributed by atoms with E-state index < -0.39 is 0 Å². The molecule has 0 aliphatic rings. The number of aliphatic hydroxyl groups is 2. The second kappa shape index (κ2) is 31.2. The van der Waals surface area contributed by atoms with Gasteiger partial charge in [0.25, 0.3) is 0 Å². The number of amidine groups is 1. The van der Waals surface area contributed by atoms with Crippen LogP contribution in [0.3, 0.4) is 0 Å². The SMILES string of the molecule is CC\C=C/C(/C=C/C/C=C\C(=C\C(C)C)CO/C(C)=C(Cl)/C=C(/C(=NC)NCCO)C(CC)OCCc1cncc(C#N)c1)=C(/C)COCC(CCO)CC(C)C. The monoisotopic (exact) mass is 807 g/mol. The van der Waals surface area contributed by atoms with E-state index in [1.807, 2.05) is 26.0 Å². The van der Waals surface area contributed by atoms with Crippen LogP contribution in [-0.4, -0.2) is 80.4 Å². The summed E-state index contributed by atoms with van der Waals surface area (Å²) in [5.74, 6) is 2.40. The van der Waals surface area contributed by atoms with Crippen molar-refractivity contribution in [1.82, 2.24) is 10.3 Å². The first-order valence-corrected chi connectivity index (χ1v) is 20.9. The van der Waals surface area contributed by atoms with Crippen LogP contribution in [0.5, 0.6) is 0 Å². The Balaban J connectivity index is 3.13. The van der Waals surface area contributed by atoms with Gasteiger partial charge in [0, 0.05) is 44.8 Å². The fourth-order valence-corrected chi connectivity index (χ4v) is 6.14. The Bertz CT molecular complexity index is 1600. The summed E-state index contributed by atoms with van der Waals surface area (Å²) in [7, 11) is 1.69. The maximum atomic E-state index is 9.52. The number of hydrogen-bond acceptors (Lipinski definition) is 8. The highest BCUT2D eigenvalue weighted by Crippen LogP contribution is 2.22. The molecular formula is C47H71ClN4O5. The second-order valence-electron chi connectivity index (χ2n) is 14.8. The number of halogens is 1. The van der Waals surface area contributed by atoms with Gasteiger partial charge >= 0.3 is 0 Å². The van der Waals surface area contributed by atoms with Gasteiger partial charge in [0.2, 0.25) is 0 Å². The molecule has 316 valence electrons. The minimum absolute atomic E-state index is 0.0553. The Labute approximate surface area is 349 Å². The molecule has 2 unspecified atom stereocenters. The molecule has 0 aliphatic carbocycles. The van der Waals surface area contributed by atoms with Crippen LogP contribution in [0.1, 0.15) is 98.6 Å². The number of ether oxygens (including phenoxy) is 3. The molecule has 0 amide bonds. The van der Waals surface area contributed by atoms with Crippen molar-refractivity contribution >= 4 is 17.4 Å². The van der Waals surface area contributed by atoms with Crippen molar-refractivity contribution in [3.8, 4) is 6.07 Å². The number of hydrogen-bond donors (Lipinski definition) is 3. The molecule has 0 aromatic carbocycles. The Morgan fingerprint density at radius 2 is 1.77 bits per heavy atom. The first-order valence-electron chi connectivity index (χ1n) is 20.5. The van der Waals surface area contributed by atoms with Gasteiger partial charge in [0.1, 0.15) is 24.3 Å². The molecule has 0 saturated carbocycles. The second-order valence-corrected chi connectivity index (χ2v) is 15.2. The number of aliphatic hydroxyl groups excluding tert-OH is 2. The highest BCUT2D eigenvalue weighted by molar-refractivity contribution is 6.31. The lowest BCUT2D eigenvalue weighted by Gasteiger charge is -2.22. The van der Waals surface area contributed by atoms with Gasteiger partial charge in [-0.3, -0.25) is 9.98 Å². The summed E-state index contributed by atoms with van der Waals surface area (Å²) >= 11 is 6.91. The lowest BCUT2D eigenvalue weighted by molar-refractivity contribution is 0.0807. The number of nitriles is 1. The molecule has 1 aromatic heterocycles. The summed E-state index contributed by atoms with van der Waals surface area (Å²) in [5.41, 5.74) is 5.54. The van der Waals surface area contributed by atoms with E-state index in [1.54, 1.807) is 13.2 Å². The van der Waals surface area contributed by atoms with E-state index in [2.05, 4.69) is 105 Å². The van der Waals surface area contributed by atoms with Crippen LogP contribution in [0.2, 0.25) is 0 Å². The van der Waals surface area contributed by atoms with Gasteiger partial charge in [-0.2, -0.15) is 5.26 Å². The smallest absolute Gasteiger partial charge is 0.126 e. The number of rotatable bonds is 28. The summed E-state index contributed by atoms with van der Waals surface area (Å²) in [6, 6.07) is 3.94. The molecule has 0 saturated heterocycles. The summed E-state index contributed by atoms with van der Waals surface area (Å²) in [4.78, 5) is 8.61. The van der Waals surface area contributed by atoms with Crippen LogP contribution < -0.4 is 5.32 Å². The van der Waals surface area contributed by atoms with E-state index in [0.717, 1.165) is 48.0 Å². The van der Waals surface area contributed by atoms with Crippen molar-refractivity contribution in [2.45, 2.75) is 100 Å². The maximum Gasteiger partial charge on any atom is 0.126 e. The third kappa shape index (κ3) is 22.7. The summed E-state index contributed by atoms with van der Waals surface area (Å²) in [6.07, 6.45) is 24.6. The van der Waals surface area contributed by atoms with E-state index in [1.165, 1.54) is 11.8 Å². The molecule has 0 fully saturated rings. The van der Waals surface area contributed by atoms with Crippen LogP contribution in [-0.2, 0) is 20.6 Å². The number of aliphatic imine (C=N–C) groups is 1. The summed E-state index contributed by atoms with van der Waals surface area (Å²) in [6.45, 7) is 19.2. The maximum absolute atomic E-state index is 9.52. The standard InChI is InChI=1S/C47H71ClN4O5/c1-10-12-17-43(37(7)32-55-33-41(19-22-53)26-36(5)6)18-15-13-14-16-40(25-35(3)4)34-57-38(8)45(48)28-44(47(50-9)52-21-23-54)46(11-2)56-24-20-39-27-42(29-49)31-51-30-39/h12,14-18,25,27-28,30-31,35-36,41,46,53-54H,10-11,13,19-24,26,32-34H2,1-9H3,(H,50,52)/b16-14-,17-12-,18-15+,40-25-,43-37+,44-28+,45-38-. The van der Waals surface area contributed by atoms with E-state index >= 15 is 0 Å². The quantitative estimate of drug-likeness (QED) is 0.0331. The molecule has 10 heteroatoms. The molecule has 2 atom stereocenters. The van der Waals surface area contributed by atoms with Crippen molar-refractivity contribution in [2.75, 3.05) is 53.2 Å². The van der Waals surface area contributed by atoms with Gasteiger partial charge in [-0.15, -0.1) is 0 Å². The molecule has 1 heterocycles. The van der Waals surface area contributed by atoms with Gasteiger partial charge in [-0.05, 0) is 105 Å². The average Bonchev–Trinajstić information content (AvgIpc) is 3.18. The molecule has 0 aliphatic heterocycles. The molecule has 1 aromatic rings. The van der Waals surface area contributed by atoms with Gasteiger partial charge in [0.15, 0.2) is 0 Å². The molecule has 0 bridgehead atoms. The van der Waals surface area contributed by atoms with E-state index in [-0.39, 0.29) is 19.3 Å². The Morgan fingerprint density at radius 3 is 2.40 bits per heavy atom. The number of nitrogens with one attached hydrogen (secondary N) is 1. The molecular weight excluding hydrogens is 736 g/mol. The lowest BCUT2D eigenvalue weighted by atomic mass is 9.95. The fraction of sp³-hybridized carbons (Fsp3) is 0.553.